The van der Waals surface area contributed by atoms with Crippen LogP contribution in [0.1, 0.15) is 25.0 Å². The zero-order valence-electron chi connectivity index (χ0n) is 17.2. The summed E-state index contributed by atoms with van der Waals surface area (Å²) in [6, 6.07) is 17.6. The van der Waals surface area contributed by atoms with Crippen molar-refractivity contribution < 1.29 is 23.8 Å². The summed E-state index contributed by atoms with van der Waals surface area (Å²) in [5.74, 6) is 0.311. The summed E-state index contributed by atoms with van der Waals surface area (Å²) in [4.78, 5) is 17.1. The van der Waals surface area contributed by atoms with Crippen LogP contribution in [0.5, 0.6) is 5.75 Å². The molecule has 0 aliphatic rings. The fraction of sp³-hybridized carbons (Fsp3) is 0.348. The molecule has 0 aliphatic carbocycles. The number of allylic oxidation sites excluding steroid dienone is 1. The Hall–Kier alpha value is -2.83. The number of benzene rings is 2. The van der Waals surface area contributed by atoms with E-state index in [9.17, 15) is 4.79 Å². The largest absolute Gasteiger partial charge is 0.467 e. The van der Waals surface area contributed by atoms with Gasteiger partial charge in [0.25, 0.3) is 0 Å². The maximum absolute atomic E-state index is 11.8. The van der Waals surface area contributed by atoms with Crippen molar-refractivity contribution in [2.45, 2.75) is 32.8 Å². The number of methoxy groups -OCH3 is 1. The van der Waals surface area contributed by atoms with Crippen molar-refractivity contribution in [2.75, 3.05) is 20.3 Å². The van der Waals surface area contributed by atoms with Crippen molar-refractivity contribution in [1.29, 1.82) is 0 Å². The van der Waals surface area contributed by atoms with Crippen molar-refractivity contribution >= 4 is 5.97 Å². The van der Waals surface area contributed by atoms with Crippen LogP contribution in [0.4, 0.5) is 0 Å². The zero-order chi connectivity index (χ0) is 20.9. The first-order chi connectivity index (χ1) is 14.2. The van der Waals surface area contributed by atoms with Gasteiger partial charge in [-0.3, -0.25) is 10.3 Å². The lowest BCUT2D eigenvalue weighted by Crippen LogP contribution is -2.28. The summed E-state index contributed by atoms with van der Waals surface area (Å²) >= 11 is 0. The Morgan fingerprint density at radius 2 is 1.72 bits per heavy atom. The lowest BCUT2D eigenvalue weighted by Gasteiger charge is -2.15. The molecule has 156 valence electrons. The molecule has 0 heterocycles. The van der Waals surface area contributed by atoms with Gasteiger partial charge >= 0.3 is 5.97 Å². The summed E-state index contributed by atoms with van der Waals surface area (Å²) in [5.41, 5.74) is 5.84. The highest BCUT2D eigenvalue weighted by Crippen LogP contribution is 2.16. The van der Waals surface area contributed by atoms with E-state index in [1.165, 1.54) is 7.11 Å². The van der Waals surface area contributed by atoms with Crippen molar-refractivity contribution in [2.24, 2.45) is 0 Å². The Bertz CT molecular complexity index is 759. The highest BCUT2D eigenvalue weighted by Gasteiger charge is 2.19. The molecule has 1 N–H and O–H groups in total. The number of hydrogen-bond acceptors (Lipinski definition) is 6. The van der Waals surface area contributed by atoms with E-state index in [0.29, 0.717) is 31.8 Å². The average Bonchev–Trinajstić information content (AvgIpc) is 2.76. The van der Waals surface area contributed by atoms with Gasteiger partial charge in [-0.1, -0.05) is 42.5 Å². The van der Waals surface area contributed by atoms with Crippen LogP contribution in [0.15, 0.2) is 66.6 Å². The fourth-order valence-corrected chi connectivity index (χ4v) is 2.68. The number of hydrogen-bond donors (Lipinski definition) is 1. The van der Waals surface area contributed by atoms with E-state index >= 15 is 0 Å². The first-order valence-corrected chi connectivity index (χ1v) is 9.72. The smallest absolute Gasteiger partial charge is 0.335 e. The minimum absolute atomic E-state index is 0.373. The third-order valence-corrected chi connectivity index (χ3v) is 4.10. The van der Waals surface area contributed by atoms with Crippen molar-refractivity contribution in [3.05, 3.63) is 77.7 Å². The van der Waals surface area contributed by atoms with E-state index in [4.69, 9.17) is 19.0 Å². The third kappa shape index (κ3) is 7.97. The Morgan fingerprint density at radius 3 is 2.34 bits per heavy atom. The molecule has 0 aliphatic heterocycles. The molecule has 0 radical (unpaired) electrons. The van der Waals surface area contributed by atoms with Crippen molar-refractivity contribution in [3.63, 3.8) is 0 Å². The Morgan fingerprint density at radius 1 is 1.00 bits per heavy atom. The summed E-state index contributed by atoms with van der Waals surface area (Å²) < 4.78 is 16.0. The molecule has 6 nitrogen and oxygen atoms in total. The van der Waals surface area contributed by atoms with E-state index in [1.807, 2.05) is 68.4 Å². The average molecular weight is 399 g/mol. The fourth-order valence-electron chi connectivity index (χ4n) is 2.68. The first kappa shape index (κ1) is 22.5. The van der Waals surface area contributed by atoms with Crippen molar-refractivity contribution in [1.82, 2.24) is 5.48 Å². The molecule has 0 aromatic heterocycles. The molecule has 0 saturated heterocycles. The summed E-state index contributed by atoms with van der Waals surface area (Å²) in [6.45, 7) is 4.75. The van der Waals surface area contributed by atoms with Gasteiger partial charge in [0, 0.05) is 19.4 Å². The maximum Gasteiger partial charge on any atom is 0.335 e. The number of esters is 1. The predicted octanol–water partition coefficient (Wildman–Crippen LogP) is 3.81. The number of nitrogens with one attached hydrogen (secondary N) is 1. The van der Waals surface area contributed by atoms with Crippen LogP contribution < -0.4 is 10.2 Å². The van der Waals surface area contributed by atoms with Gasteiger partial charge < -0.3 is 14.2 Å². The van der Waals surface area contributed by atoms with E-state index in [-0.39, 0.29) is 5.97 Å². The number of ether oxygens (including phenoxy) is 3. The molecule has 2 rings (SSSR count). The van der Waals surface area contributed by atoms with Crippen LogP contribution in [0.3, 0.4) is 0 Å². The number of carbonyl (C=O) groups excluding carboxylic acids is 1. The van der Waals surface area contributed by atoms with Crippen LogP contribution >= 0.6 is 0 Å². The van der Waals surface area contributed by atoms with Gasteiger partial charge in [0.1, 0.15) is 12.0 Å². The monoisotopic (exact) mass is 399 g/mol. The molecule has 0 amide bonds. The first-order valence-electron chi connectivity index (χ1n) is 9.72. The van der Waals surface area contributed by atoms with E-state index in [1.54, 1.807) is 6.26 Å². The number of carbonyl (C=O) groups is 1. The maximum atomic E-state index is 11.8. The lowest BCUT2D eigenvalue weighted by atomic mass is 10.1. The van der Waals surface area contributed by atoms with Gasteiger partial charge in [0.15, 0.2) is 6.10 Å². The van der Waals surface area contributed by atoms with Gasteiger partial charge in [-0.25, -0.2) is 4.79 Å². The van der Waals surface area contributed by atoms with Gasteiger partial charge in [-0.05, 0) is 37.1 Å². The number of hydroxylamine groups is 1. The summed E-state index contributed by atoms with van der Waals surface area (Å²) in [7, 11) is 1.36. The van der Waals surface area contributed by atoms with Gasteiger partial charge in [0.2, 0.25) is 0 Å². The molecule has 0 spiro atoms. The molecule has 1 unspecified atom stereocenters. The van der Waals surface area contributed by atoms with E-state index in [0.717, 1.165) is 16.8 Å². The molecule has 1 atom stereocenters. The minimum Gasteiger partial charge on any atom is -0.467 e. The van der Waals surface area contributed by atoms with Crippen LogP contribution in [0.25, 0.3) is 0 Å². The SMILES string of the molecule is CCONC(=COc1ccc(CC(OCC)C(=O)OC)cc1)Cc1ccccc1. The number of rotatable bonds is 12. The topological polar surface area (TPSA) is 66.0 Å². The molecule has 2 aromatic carbocycles. The molecule has 29 heavy (non-hydrogen) atoms. The highest BCUT2D eigenvalue weighted by atomic mass is 16.6. The van der Waals surface area contributed by atoms with Crippen LogP contribution in [0, 0.1) is 0 Å². The standard InChI is InChI=1S/C23H29NO5/c1-4-27-22(23(25)26-3)16-19-11-13-21(14-12-19)28-17-20(24-29-5-2)15-18-9-7-6-8-10-18/h6-14,17,22,24H,4-5,15-16H2,1-3H3. The minimum atomic E-state index is -0.607. The van der Waals surface area contributed by atoms with Gasteiger partial charge in [-0.2, -0.15) is 0 Å². The molecule has 0 bridgehead atoms. The zero-order valence-corrected chi connectivity index (χ0v) is 17.2. The van der Waals surface area contributed by atoms with E-state index < -0.39 is 6.10 Å². The van der Waals surface area contributed by atoms with Crippen LogP contribution in [-0.4, -0.2) is 32.4 Å². The second kappa shape index (κ2) is 12.6. The summed E-state index contributed by atoms with van der Waals surface area (Å²) in [6.07, 6.45) is 2.15. The molecular weight excluding hydrogens is 370 g/mol. The Labute approximate surface area is 172 Å². The molecule has 0 saturated carbocycles. The van der Waals surface area contributed by atoms with Gasteiger partial charge in [0.05, 0.1) is 19.4 Å². The van der Waals surface area contributed by atoms with Crippen LogP contribution in [0.2, 0.25) is 0 Å². The molecular formula is C23H29NO5. The quantitative estimate of drug-likeness (QED) is 0.333. The Balaban J connectivity index is 2.00. The molecule has 2 aromatic rings. The van der Waals surface area contributed by atoms with Crippen molar-refractivity contribution in [3.8, 4) is 5.75 Å². The Kier molecular flexibility index (Phi) is 9.75. The lowest BCUT2D eigenvalue weighted by molar-refractivity contribution is -0.153. The molecule has 0 fully saturated rings. The second-order valence-electron chi connectivity index (χ2n) is 6.27. The second-order valence-corrected chi connectivity index (χ2v) is 6.27. The highest BCUT2D eigenvalue weighted by molar-refractivity contribution is 5.75. The third-order valence-electron chi connectivity index (χ3n) is 4.10. The normalized spacial score (nSPS) is 12.3. The van der Waals surface area contributed by atoms with Gasteiger partial charge in [-0.15, -0.1) is 0 Å². The predicted molar refractivity (Wildman–Crippen MR) is 111 cm³/mol. The molecule has 6 heteroatoms. The summed E-state index contributed by atoms with van der Waals surface area (Å²) in [5, 5.41) is 0. The van der Waals surface area contributed by atoms with E-state index in [2.05, 4.69) is 5.48 Å². The van der Waals surface area contributed by atoms with Crippen LogP contribution in [-0.2, 0) is 31.9 Å².